The largest absolute Gasteiger partial charge is 0.337 e. The maximum absolute atomic E-state index is 13.3. The Morgan fingerprint density at radius 3 is 2.50 bits per heavy atom. The quantitative estimate of drug-likeness (QED) is 0.609. The van der Waals surface area contributed by atoms with Gasteiger partial charge in [0.25, 0.3) is 5.91 Å². The first-order valence-electron chi connectivity index (χ1n) is 10.9. The zero-order chi connectivity index (χ0) is 22.5. The number of hydrogen-bond acceptors (Lipinski definition) is 3. The van der Waals surface area contributed by atoms with E-state index in [0.717, 1.165) is 22.4 Å². The Hall–Kier alpha value is -3.67. The zero-order valence-electron chi connectivity index (χ0n) is 18.3. The van der Waals surface area contributed by atoms with Crippen LogP contribution in [-0.4, -0.2) is 58.0 Å². The van der Waals surface area contributed by atoms with E-state index in [1.165, 1.54) is 0 Å². The van der Waals surface area contributed by atoms with Crippen LogP contribution in [0.2, 0.25) is 0 Å². The first-order valence-corrected chi connectivity index (χ1v) is 10.9. The first-order chi connectivity index (χ1) is 15.6. The topological polar surface area (TPSA) is 69.3 Å². The maximum atomic E-state index is 13.3. The molecule has 4 rings (SSSR count). The Morgan fingerprint density at radius 1 is 1.12 bits per heavy atom. The van der Waals surface area contributed by atoms with Crippen molar-refractivity contribution in [1.29, 1.82) is 0 Å². The van der Waals surface area contributed by atoms with Crippen LogP contribution in [0, 0.1) is 12.8 Å². The molecule has 32 heavy (non-hydrogen) atoms. The molecule has 1 aromatic heterocycles. The molecule has 0 unspecified atom stereocenters. The van der Waals surface area contributed by atoms with Crippen molar-refractivity contribution in [3.63, 3.8) is 0 Å². The number of nitrogens with zero attached hydrogens (tertiary/aromatic N) is 3. The Balaban J connectivity index is 1.55. The van der Waals surface area contributed by atoms with Crippen LogP contribution >= 0.6 is 0 Å². The molecule has 1 atom stereocenters. The SMILES string of the molecule is C=CCN1CCN(C(=O)c2cn[nH]c2C)C[C@H](Cc2ccc(-c3ccccc3)cc2)C1=O. The van der Waals surface area contributed by atoms with Gasteiger partial charge in [-0.1, -0.05) is 60.7 Å². The van der Waals surface area contributed by atoms with Gasteiger partial charge in [-0.15, -0.1) is 6.58 Å². The molecule has 0 spiro atoms. The van der Waals surface area contributed by atoms with Crippen molar-refractivity contribution in [2.75, 3.05) is 26.2 Å². The molecule has 2 aromatic carbocycles. The average Bonchev–Trinajstić information content (AvgIpc) is 3.19. The van der Waals surface area contributed by atoms with E-state index >= 15 is 0 Å². The first kappa shape index (κ1) is 21.6. The fourth-order valence-electron chi connectivity index (χ4n) is 4.20. The lowest BCUT2D eigenvalue weighted by Gasteiger charge is -2.23. The number of hydrogen-bond donors (Lipinski definition) is 1. The molecule has 2 heterocycles. The monoisotopic (exact) mass is 428 g/mol. The van der Waals surface area contributed by atoms with Crippen molar-refractivity contribution in [1.82, 2.24) is 20.0 Å². The minimum Gasteiger partial charge on any atom is -0.337 e. The smallest absolute Gasteiger partial charge is 0.257 e. The van der Waals surface area contributed by atoms with Gasteiger partial charge < -0.3 is 9.80 Å². The van der Waals surface area contributed by atoms with Crippen LogP contribution < -0.4 is 0 Å². The third kappa shape index (κ3) is 4.64. The Morgan fingerprint density at radius 2 is 1.84 bits per heavy atom. The lowest BCUT2D eigenvalue weighted by atomic mass is 9.95. The van der Waals surface area contributed by atoms with Crippen molar-refractivity contribution in [2.24, 2.45) is 5.92 Å². The second kappa shape index (κ2) is 9.64. The molecule has 1 saturated heterocycles. The standard InChI is InChI=1S/C26H28N4O2/c1-3-13-29-14-15-30(26(32)24-17-27-28-19(24)2)18-23(25(29)31)16-20-9-11-22(12-10-20)21-7-5-4-6-8-21/h3-12,17,23H,1,13-16,18H2,2H3,(H,27,28)/t23-/m0/s1. The molecule has 0 bridgehead atoms. The normalized spacial score (nSPS) is 16.7. The van der Waals surface area contributed by atoms with E-state index in [4.69, 9.17) is 0 Å². The van der Waals surface area contributed by atoms with Crippen LogP contribution in [0.15, 0.2) is 73.4 Å². The van der Waals surface area contributed by atoms with Crippen LogP contribution in [0.3, 0.4) is 0 Å². The van der Waals surface area contributed by atoms with E-state index < -0.39 is 0 Å². The summed E-state index contributed by atoms with van der Waals surface area (Å²) in [6, 6.07) is 18.5. The van der Waals surface area contributed by atoms with Crippen LogP contribution in [0.1, 0.15) is 21.6 Å². The maximum Gasteiger partial charge on any atom is 0.257 e. The molecule has 2 amide bonds. The van der Waals surface area contributed by atoms with Crippen LogP contribution in [0.25, 0.3) is 11.1 Å². The number of H-pyrrole nitrogens is 1. The van der Waals surface area contributed by atoms with Crippen LogP contribution in [-0.2, 0) is 11.2 Å². The summed E-state index contributed by atoms with van der Waals surface area (Å²) in [6.07, 6.45) is 3.88. The van der Waals surface area contributed by atoms with E-state index in [1.807, 2.05) is 25.1 Å². The fourth-order valence-corrected chi connectivity index (χ4v) is 4.20. The van der Waals surface area contributed by atoms with E-state index in [2.05, 4.69) is 53.2 Å². The van der Waals surface area contributed by atoms with Crippen LogP contribution in [0.5, 0.6) is 0 Å². The molecular formula is C26H28N4O2. The Kier molecular flexibility index (Phi) is 6.50. The highest BCUT2D eigenvalue weighted by molar-refractivity contribution is 5.95. The van der Waals surface area contributed by atoms with Crippen molar-refractivity contribution in [3.8, 4) is 11.1 Å². The highest BCUT2D eigenvalue weighted by Crippen LogP contribution is 2.23. The lowest BCUT2D eigenvalue weighted by molar-refractivity contribution is -0.134. The summed E-state index contributed by atoms with van der Waals surface area (Å²) >= 11 is 0. The summed E-state index contributed by atoms with van der Waals surface area (Å²) in [5.41, 5.74) is 4.67. The van der Waals surface area contributed by atoms with Gasteiger partial charge in [-0.3, -0.25) is 14.7 Å². The number of rotatable bonds is 6. The molecule has 6 heteroatoms. The molecule has 1 fully saturated rings. The van der Waals surface area contributed by atoms with Gasteiger partial charge in [-0.2, -0.15) is 5.10 Å². The number of aromatic amines is 1. The van der Waals surface area contributed by atoms with Gasteiger partial charge in [0.05, 0.1) is 17.7 Å². The highest BCUT2D eigenvalue weighted by Gasteiger charge is 2.32. The summed E-state index contributed by atoms with van der Waals surface area (Å²) in [5.74, 6) is -0.332. The minimum atomic E-state index is -0.309. The van der Waals surface area contributed by atoms with Gasteiger partial charge in [0.15, 0.2) is 0 Å². The number of carbonyl (C=O) groups is 2. The molecule has 0 aliphatic carbocycles. The molecule has 1 N–H and O–H groups in total. The molecule has 1 aliphatic rings. The number of nitrogens with one attached hydrogen (secondary N) is 1. The van der Waals surface area contributed by atoms with Gasteiger partial charge in [0, 0.05) is 31.9 Å². The second-order valence-corrected chi connectivity index (χ2v) is 8.20. The number of aryl methyl sites for hydroxylation is 1. The van der Waals surface area contributed by atoms with Gasteiger partial charge in [-0.05, 0) is 30.0 Å². The molecule has 3 aromatic rings. The lowest BCUT2D eigenvalue weighted by Crippen LogP contribution is -2.38. The predicted octanol–water partition coefficient (Wildman–Crippen LogP) is 3.71. The van der Waals surface area contributed by atoms with E-state index in [-0.39, 0.29) is 17.7 Å². The van der Waals surface area contributed by atoms with Crippen LogP contribution in [0.4, 0.5) is 0 Å². The van der Waals surface area contributed by atoms with Crippen molar-refractivity contribution < 1.29 is 9.59 Å². The van der Waals surface area contributed by atoms with E-state index in [9.17, 15) is 9.59 Å². The Bertz CT molecular complexity index is 1090. The van der Waals surface area contributed by atoms with Crippen molar-refractivity contribution in [2.45, 2.75) is 13.3 Å². The summed E-state index contributed by atoms with van der Waals surface area (Å²) in [5, 5.41) is 6.80. The number of aromatic nitrogens is 2. The summed E-state index contributed by atoms with van der Waals surface area (Å²) in [7, 11) is 0. The van der Waals surface area contributed by atoms with E-state index in [0.29, 0.717) is 38.2 Å². The highest BCUT2D eigenvalue weighted by atomic mass is 16.2. The summed E-state index contributed by atoms with van der Waals surface area (Å²) in [6.45, 7) is 7.48. The van der Waals surface area contributed by atoms with Gasteiger partial charge in [0.2, 0.25) is 5.91 Å². The number of benzene rings is 2. The molecule has 0 saturated carbocycles. The Labute approximate surface area is 188 Å². The summed E-state index contributed by atoms with van der Waals surface area (Å²) < 4.78 is 0. The van der Waals surface area contributed by atoms with Crippen molar-refractivity contribution in [3.05, 3.63) is 90.3 Å². The third-order valence-corrected chi connectivity index (χ3v) is 5.98. The van der Waals surface area contributed by atoms with Gasteiger partial charge >= 0.3 is 0 Å². The fraction of sp³-hybridized carbons (Fsp3) is 0.269. The number of carbonyl (C=O) groups excluding carboxylic acids is 2. The number of amides is 2. The van der Waals surface area contributed by atoms with Gasteiger partial charge in [0.1, 0.15) is 0 Å². The predicted molar refractivity (Wildman–Crippen MR) is 125 cm³/mol. The molecular weight excluding hydrogens is 400 g/mol. The third-order valence-electron chi connectivity index (χ3n) is 5.98. The molecule has 0 radical (unpaired) electrons. The van der Waals surface area contributed by atoms with Gasteiger partial charge in [-0.25, -0.2) is 0 Å². The molecule has 164 valence electrons. The molecule has 1 aliphatic heterocycles. The summed E-state index contributed by atoms with van der Waals surface area (Å²) in [4.78, 5) is 30.0. The van der Waals surface area contributed by atoms with Crippen molar-refractivity contribution >= 4 is 11.8 Å². The molecule has 6 nitrogen and oxygen atoms in total. The zero-order valence-corrected chi connectivity index (χ0v) is 18.3. The average molecular weight is 429 g/mol. The van der Waals surface area contributed by atoms with E-state index in [1.54, 1.807) is 22.1 Å². The second-order valence-electron chi connectivity index (χ2n) is 8.20. The minimum absolute atomic E-state index is 0.0660.